The highest BCUT2D eigenvalue weighted by Crippen LogP contribution is 2.34. The number of rotatable bonds is 9. The van der Waals surface area contributed by atoms with Gasteiger partial charge in [-0.05, 0) is 66.8 Å². The molecule has 2 aliphatic rings. The number of ketones is 1. The Morgan fingerprint density at radius 2 is 1.56 bits per heavy atom. The first-order valence-electron chi connectivity index (χ1n) is 13.8. The van der Waals surface area contributed by atoms with E-state index in [1.807, 2.05) is 27.3 Å². The number of carbonyl (C=O) groups excluding carboxylic acids is 3. The third kappa shape index (κ3) is 6.37. The molecule has 216 valence electrons. The molecule has 3 aromatic rings. The molecule has 0 unspecified atom stereocenters. The highest BCUT2D eigenvalue weighted by molar-refractivity contribution is 7.09. The van der Waals surface area contributed by atoms with Gasteiger partial charge in [-0.3, -0.25) is 14.4 Å². The molecule has 0 N–H and O–H groups in total. The van der Waals surface area contributed by atoms with Gasteiger partial charge in [-0.15, -0.1) is 11.3 Å². The first kappa shape index (κ1) is 28.6. The lowest BCUT2D eigenvalue weighted by molar-refractivity contribution is -0.132. The van der Waals surface area contributed by atoms with Crippen LogP contribution in [0.1, 0.15) is 68.6 Å². The minimum absolute atomic E-state index is 0.0000487. The van der Waals surface area contributed by atoms with Crippen LogP contribution in [0, 0.1) is 0 Å². The topological polar surface area (TPSA) is 98.3 Å². The van der Waals surface area contributed by atoms with Crippen molar-refractivity contribution in [3.05, 3.63) is 69.2 Å². The van der Waals surface area contributed by atoms with Crippen molar-refractivity contribution in [1.82, 2.24) is 14.8 Å². The average Bonchev–Trinajstić information content (AvgIpc) is 3.52. The van der Waals surface area contributed by atoms with Gasteiger partial charge in [0.05, 0.1) is 26.3 Å². The summed E-state index contributed by atoms with van der Waals surface area (Å²) in [5.74, 6) is 2.14. The molecule has 0 spiro atoms. The monoisotopic (exact) mass is 577 g/mol. The predicted octanol–water partition coefficient (Wildman–Crippen LogP) is 4.74. The molecule has 0 aliphatic carbocycles. The van der Waals surface area contributed by atoms with Gasteiger partial charge in [-0.1, -0.05) is 0 Å². The summed E-state index contributed by atoms with van der Waals surface area (Å²) < 4.78 is 16.0. The van der Waals surface area contributed by atoms with Gasteiger partial charge in [-0.25, -0.2) is 4.98 Å². The zero-order chi connectivity index (χ0) is 28.9. The lowest BCUT2D eigenvalue weighted by atomic mass is 9.97. The molecule has 1 saturated heterocycles. The largest absolute Gasteiger partial charge is 0.497 e. The van der Waals surface area contributed by atoms with E-state index in [2.05, 4.69) is 0 Å². The Labute approximate surface area is 244 Å². The molecule has 0 saturated carbocycles. The van der Waals surface area contributed by atoms with E-state index >= 15 is 0 Å². The molecule has 41 heavy (non-hydrogen) atoms. The van der Waals surface area contributed by atoms with E-state index in [1.165, 1.54) is 11.3 Å². The molecular formula is C31H35N3O6S. The molecular weight excluding hydrogens is 542 g/mol. The maximum Gasteiger partial charge on any atom is 0.273 e. The fourth-order valence-corrected chi connectivity index (χ4v) is 6.43. The summed E-state index contributed by atoms with van der Waals surface area (Å²) in [5.41, 5.74) is 3.28. The summed E-state index contributed by atoms with van der Waals surface area (Å²) in [7, 11) is 4.81. The quantitative estimate of drug-likeness (QED) is 0.339. The van der Waals surface area contributed by atoms with Gasteiger partial charge in [0.15, 0.2) is 17.3 Å². The number of Topliss-reactive ketones (excluding diaryl/α,β-unsaturated/α-hetero) is 1. The van der Waals surface area contributed by atoms with Crippen LogP contribution < -0.4 is 14.2 Å². The molecule has 10 heteroatoms. The zero-order valence-electron chi connectivity index (χ0n) is 23.7. The second kappa shape index (κ2) is 12.7. The van der Waals surface area contributed by atoms with Gasteiger partial charge in [0, 0.05) is 55.9 Å². The SMILES string of the molecule is COc1ccc(C(=O)CCC(=O)N2CCC(c3nc(C(=O)N4CCc5cc(OC)c(OC)cc5C4)cs3)CC2)cc1. The van der Waals surface area contributed by atoms with Crippen molar-refractivity contribution < 1.29 is 28.6 Å². The van der Waals surface area contributed by atoms with Crippen molar-refractivity contribution in [3.63, 3.8) is 0 Å². The Balaban J connectivity index is 1.12. The molecule has 0 bridgehead atoms. The summed E-state index contributed by atoms with van der Waals surface area (Å²) in [6.45, 7) is 2.37. The number of benzene rings is 2. The van der Waals surface area contributed by atoms with Crippen molar-refractivity contribution in [2.24, 2.45) is 0 Å². The fourth-order valence-electron chi connectivity index (χ4n) is 5.47. The zero-order valence-corrected chi connectivity index (χ0v) is 24.5. The van der Waals surface area contributed by atoms with Gasteiger partial charge in [0.1, 0.15) is 11.4 Å². The van der Waals surface area contributed by atoms with E-state index in [0.29, 0.717) is 54.7 Å². The number of hydrogen-bond donors (Lipinski definition) is 0. The number of nitrogens with zero attached hydrogens (tertiary/aromatic N) is 3. The van der Waals surface area contributed by atoms with Gasteiger partial charge in [0.25, 0.3) is 5.91 Å². The summed E-state index contributed by atoms with van der Waals surface area (Å²) in [6, 6.07) is 10.9. The van der Waals surface area contributed by atoms with E-state index in [-0.39, 0.29) is 36.4 Å². The number of fused-ring (bicyclic) bond motifs is 1. The van der Waals surface area contributed by atoms with Gasteiger partial charge >= 0.3 is 0 Å². The third-order valence-electron chi connectivity index (χ3n) is 7.92. The number of hydrogen-bond acceptors (Lipinski definition) is 8. The number of methoxy groups -OCH3 is 3. The van der Waals surface area contributed by atoms with E-state index in [0.717, 1.165) is 35.4 Å². The van der Waals surface area contributed by atoms with Crippen LogP contribution in [0.3, 0.4) is 0 Å². The van der Waals surface area contributed by atoms with Crippen LogP contribution >= 0.6 is 11.3 Å². The van der Waals surface area contributed by atoms with Gasteiger partial charge in [-0.2, -0.15) is 0 Å². The van der Waals surface area contributed by atoms with Crippen molar-refractivity contribution >= 4 is 28.9 Å². The van der Waals surface area contributed by atoms with Crippen LogP contribution in [0.5, 0.6) is 17.2 Å². The molecule has 0 radical (unpaired) electrons. The summed E-state index contributed by atoms with van der Waals surface area (Å²) >= 11 is 1.52. The molecule has 0 atom stereocenters. The number of piperidine rings is 1. The Morgan fingerprint density at radius 3 is 2.22 bits per heavy atom. The van der Waals surface area contributed by atoms with Gasteiger partial charge < -0.3 is 24.0 Å². The summed E-state index contributed by atoms with van der Waals surface area (Å²) in [5, 5.41) is 2.79. The number of ether oxygens (including phenoxy) is 3. The van der Waals surface area contributed by atoms with E-state index in [9.17, 15) is 14.4 Å². The smallest absolute Gasteiger partial charge is 0.273 e. The second-order valence-corrected chi connectivity index (χ2v) is 11.2. The third-order valence-corrected chi connectivity index (χ3v) is 8.93. The maximum atomic E-state index is 13.3. The lowest BCUT2D eigenvalue weighted by Crippen LogP contribution is -2.38. The highest BCUT2D eigenvalue weighted by atomic mass is 32.1. The molecule has 2 aromatic carbocycles. The molecule has 3 heterocycles. The van der Waals surface area contributed by atoms with Crippen LogP contribution in [0.15, 0.2) is 41.8 Å². The number of amides is 2. The first-order chi connectivity index (χ1) is 19.9. The normalized spacial score (nSPS) is 15.3. The van der Waals surface area contributed by atoms with Crippen LogP contribution in [-0.4, -0.2) is 73.3 Å². The Morgan fingerprint density at radius 1 is 0.878 bits per heavy atom. The lowest BCUT2D eigenvalue weighted by Gasteiger charge is -2.31. The minimum atomic E-state index is -0.0675. The van der Waals surface area contributed by atoms with Gasteiger partial charge in [0.2, 0.25) is 5.91 Å². The Bertz CT molecular complexity index is 1410. The Kier molecular flexibility index (Phi) is 8.87. The van der Waals surface area contributed by atoms with Crippen LogP contribution in [-0.2, 0) is 17.8 Å². The van der Waals surface area contributed by atoms with Crippen molar-refractivity contribution in [1.29, 1.82) is 0 Å². The van der Waals surface area contributed by atoms with E-state index in [1.54, 1.807) is 45.6 Å². The summed E-state index contributed by atoms with van der Waals surface area (Å²) in [6.07, 6.45) is 2.71. The van der Waals surface area contributed by atoms with Crippen molar-refractivity contribution in [2.45, 2.75) is 44.6 Å². The Hall–Kier alpha value is -3.92. The average molecular weight is 578 g/mol. The van der Waals surface area contributed by atoms with Crippen LogP contribution in [0.2, 0.25) is 0 Å². The van der Waals surface area contributed by atoms with E-state index < -0.39 is 0 Å². The van der Waals surface area contributed by atoms with Crippen LogP contribution in [0.4, 0.5) is 0 Å². The molecule has 1 aromatic heterocycles. The van der Waals surface area contributed by atoms with Crippen molar-refractivity contribution in [3.8, 4) is 17.2 Å². The highest BCUT2D eigenvalue weighted by Gasteiger charge is 2.29. The molecule has 2 amide bonds. The molecule has 1 fully saturated rings. The molecule has 9 nitrogen and oxygen atoms in total. The minimum Gasteiger partial charge on any atom is -0.497 e. The standard InChI is InChI=1S/C31H35N3O6S/c1-38-24-6-4-20(5-7-24)26(35)8-9-29(36)33-13-10-21(11-14-33)30-32-25(19-41-30)31(37)34-15-12-22-16-27(39-2)28(40-3)17-23(22)18-34/h4-7,16-17,19,21H,8-15,18H2,1-3H3. The number of carbonyl (C=O) groups is 3. The maximum absolute atomic E-state index is 13.3. The van der Waals surface area contributed by atoms with E-state index in [4.69, 9.17) is 19.2 Å². The van der Waals surface area contributed by atoms with Crippen molar-refractivity contribution in [2.75, 3.05) is 41.0 Å². The fraction of sp³-hybridized carbons (Fsp3) is 0.419. The number of aromatic nitrogens is 1. The molecule has 5 rings (SSSR count). The first-order valence-corrected chi connectivity index (χ1v) is 14.7. The predicted molar refractivity (Wildman–Crippen MR) is 155 cm³/mol. The number of likely N-dealkylation sites (tertiary alicyclic amines) is 1. The second-order valence-electron chi connectivity index (χ2n) is 10.3. The van der Waals surface area contributed by atoms with Crippen LogP contribution in [0.25, 0.3) is 0 Å². The molecule has 2 aliphatic heterocycles. The number of thiazole rings is 1. The summed E-state index contributed by atoms with van der Waals surface area (Å²) in [4.78, 5) is 47.0.